The molecule has 0 radical (unpaired) electrons. The maximum Gasteiger partial charge on any atom is 0.308 e. The van der Waals surface area contributed by atoms with Gasteiger partial charge in [0.15, 0.2) is 5.75 Å². The highest BCUT2D eigenvalue weighted by Gasteiger charge is 2.18. The van der Waals surface area contributed by atoms with Crippen LogP contribution in [-0.2, 0) is 20.9 Å². The van der Waals surface area contributed by atoms with Crippen LogP contribution in [0.4, 0.5) is 0 Å². The predicted octanol–water partition coefficient (Wildman–Crippen LogP) is 3.74. The fourth-order valence-electron chi connectivity index (χ4n) is 1.17. The lowest BCUT2D eigenvalue weighted by Gasteiger charge is -2.13. The first-order chi connectivity index (χ1) is 8.32. The first-order valence-corrected chi connectivity index (χ1v) is 6.36. The van der Waals surface area contributed by atoms with E-state index in [-0.39, 0.29) is 22.4 Å². The van der Waals surface area contributed by atoms with Crippen molar-refractivity contribution >= 4 is 51.1 Å². The van der Waals surface area contributed by atoms with E-state index in [1.807, 2.05) is 0 Å². The first-order valence-electron chi connectivity index (χ1n) is 4.81. The van der Waals surface area contributed by atoms with Crippen molar-refractivity contribution in [1.82, 2.24) is 0 Å². The number of carbonyl (C=O) groups excluding carboxylic acids is 2. The highest BCUT2D eigenvalue weighted by molar-refractivity contribution is 9.10. The van der Waals surface area contributed by atoms with E-state index in [0.717, 1.165) is 0 Å². The van der Waals surface area contributed by atoms with Gasteiger partial charge in [-0.3, -0.25) is 9.59 Å². The SMILES string of the molecule is CC(=O)OCc1cc(Cl)c(Cl)c(Br)c1OC(C)=O. The third-order valence-electron chi connectivity index (χ3n) is 1.87. The molecule has 0 heterocycles. The Labute approximate surface area is 122 Å². The van der Waals surface area contributed by atoms with Crippen molar-refractivity contribution in [1.29, 1.82) is 0 Å². The molecule has 1 aromatic rings. The van der Waals surface area contributed by atoms with Gasteiger partial charge in [-0.2, -0.15) is 0 Å². The summed E-state index contributed by atoms with van der Waals surface area (Å²) in [5.74, 6) is -0.776. The average Bonchev–Trinajstić information content (AvgIpc) is 2.27. The van der Waals surface area contributed by atoms with E-state index in [4.69, 9.17) is 32.7 Å². The Morgan fingerprint density at radius 2 is 1.89 bits per heavy atom. The zero-order chi connectivity index (χ0) is 13.9. The molecule has 0 fully saturated rings. The normalized spacial score (nSPS) is 10.1. The maximum atomic E-state index is 11.0. The number of carbonyl (C=O) groups is 2. The summed E-state index contributed by atoms with van der Waals surface area (Å²) < 4.78 is 10.2. The van der Waals surface area contributed by atoms with Gasteiger partial charge in [-0.05, 0) is 22.0 Å². The molecule has 98 valence electrons. The minimum atomic E-state index is -0.516. The molecule has 4 nitrogen and oxygen atoms in total. The number of halogens is 3. The molecule has 0 amide bonds. The van der Waals surface area contributed by atoms with Gasteiger partial charge in [-0.25, -0.2) is 0 Å². The summed E-state index contributed by atoms with van der Waals surface area (Å²) in [6, 6.07) is 1.48. The van der Waals surface area contributed by atoms with Crippen LogP contribution in [0.2, 0.25) is 10.0 Å². The Balaban J connectivity index is 3.20. The second-order valence-electron chi connectivity index (χ2n) is 3.35. The smallest absolute Gasteiger partial charge is 0.308 e. The van der Waals surface area contributed by atoms with Crippen LogP contribution in [-0.4, -0.2) is 11.9 Å². The fourth-order valence-corrected chi connectivity index (χ4v) is 2.20. The van der Waals surface area contributed by atoms with E-state index < -0.39 is 11.9 Å². The van der Waals surface area contributed by atoms with Crippen LogP contribution in [0.15, 0.2) is 10.5 Å². The van der Waals surface area contributed by atoms with Crippen molar-refractivity contribution < 1.29 is 19.1 Å². The summed E-state index contributed by atoms with van der Waals surface area (Å²) in [6.07, 6.45) is 0. The Hall–Kier alpha value is -0.780. The second kappa shape index (κ2) is 6.41. The van der Waals surface area contributed by atoms with Crippen LogP contribution < -0.4 is 4.74 Å². The first kappa shape index (κ1) is 15.3. The van der Waals surface area contributed by atoms with Crippen molar-refractivity contribution in [3.63, 3.8) is 0 Å². The van der Waals surface area contributed by atoms with Crippen molar-refractivity contribution in [2.45, 2.75) is 20.5 Å². The molecule has 0 bridgehead atoms. The third kappa shape index (κ3) is 3.86. The number of esters is 2. The quantitative estimate of drug-likeness (QED) is 0.470. The lowest BCUT2D eigenvalue weighted by molar-refractivity contribution is -0.142. The van der Waals surface area contributed by atoms with E-state index >= 15 is 0 Å². The summed E-state index contributed by atoms with van der Waals surface area (Å²) in [6.45, 7) is 2.47. The van der Waals surface area contributed by atoms with Crippen molar-refractivity contribution in [3.8, 4) is 5.75 Å². The fraction of sp³-hybridized carbons (Fsp3) is 0.273. The van der Waals surface area contributed by atoms with Gasteiger partial charge < -0.3 is 9.47 Å². The van der Waals surface area contributed by atoms with Crippen molar-refractivity contribution in [2.24, 2.45) is 0 Å². The van der Waals surface area contributed by atoms with Gasteiger partial charge in [-0.15, -0.1) is 0 Å². The molecule has 0 saturated carbocycles. The van der Waals surface area contributed by atoms with Crippen molar-refractivity contribution in [2.75, 3.05) is 0 Å². The highest BCUT2D eigenvalue weighted by atomic mass is 79.9. The van der Waals surface area contributed by atoms with Gasteiger partial charge in [0.1, 0.15) is 6.61 Å². The Morgan fingerprint density at radius 1 is 1.28 bits per heavy atom. The minimum Gasteiger partial charge on any atom is -0.461 e. The average molecular weight is 356 g/mol. The van der Waals surface area contributed by atoms with Gasteiger partial charge in [0, 0.05) is 19.4 Å². The Kier molecular flexibility index (Phi) is 5.44. The van der Waals surface area contributed by atoms with E-state index in [2.05, 4.69) is 15.9 Å². The van der Waals surface area contributed by atoms with Crippen LogP contribution >= 0.6 is 39.1 Å². The van der Waals surface area contributed by atoms with Gasteiger partial charge in [-0.1, -0.05) is 23.2 Å². The van der Waals surface area contributed by atoms with Gasteiger partial charge in [0.2, 0.25) is 0 Å². The van der Waals surface area contributed by atoms with Crippen LogP contribution in [0, 0.1) is 0 Å². The van der Waals surface area contributed by atoms with E-state index in [1.54, 1.807) is 0 Å². The van der Waals surface area contributed by atoms with Crippen LogP contribution in [0.1, 0.15) is 19.4 Å². The maximum absolute atomic E-state index is 11.0. The molecule has 1 rings (SSSR count). The van der Waals surface area contributed by atoms with Gasteiger partial charge in [0.05, 0.1) is 14.5 Å². The van der Waals surface area contributed by atoms with E-state index in [0.29, 0.717) is 10.0 Å². The summed E-state index contributed by atoms with van der Waals surface area (Å²) >= 11 is 15.0. The molecule has 7 heteroatoms. The zero-order valence-electron chi connectivity index (χ0n) is 9.55. The lowest BCUT2D eigenvalue weighted by Crippen LogP contribution is -2.07. The molecule has 0 N–H and O–H groups in total. The van der Waals surface area contributed by atoms with Gasteiger partial charge >= 0.3 is 11.9 Å². The molecule has 0 saturated heterocycles. The Bertz CT molecular complexity index is 502. The van der Waals surface area contributed by atoms with Crippen molar-refractivity contribution in [3.05, 3.63) is 26.1 Å². The molecule has 1 aromatic carbocycles. The molecule has 0 atom stereocenters. The molecule has 0 unspecified atom stereocenters. The summed E-state index contributed by atoms with van der Waals surface area (Å²) in [5, 5.41) is 0.487. The molecule has 18 heavy (non-hydrogen) atoms. The molecular formula is C11H9BrCl2O4. The number of ether oxygens (including phenoxy) is 2. The second-order valence-corrected chi connectivity index (χ2v) is 4.93. The largest absolute Gasteiger partial charge is 0.461 e. The standard InChI is InChI=1S/C11H9BrCl2O4/c1-5(15)17-4-7-3-8(13)10(14)9(12)11(7)18-6(2)16/h3H,4H2,1-2H3. The Morgan fingerprint density at radius 3 is 2.39 bits per heavy atom. The molecule has 0 aliphatic heterocycles. The number of benzene rings is 1. The van der Waals surface area contributed by atoms with Crippen LogP contribution in [0.5, 0.6) is 5.75 Å². The van der Waals surface area contributed by atoms with E-state index in [9.17, 15) is 9.59 Å². The molecule has 0 spiro atoms. The molecule has 0 aromatic heterocycles. The zero-order valence-corrected chi connectivity index (χ0v) is 12.6. The summed E-state index contributed by atoms with van der Waals surface area (Å²) in [7, 11) is 0. The minimum absolute atomic E-state index is 0.0621. The molecule has 0 aliphatic rings. The lowest BCUT2D eigenvalue weighted by atomic mass is 10.2. The highest BCUT2D eigenvalue weighted by Crippen LogP contribution is 2.40. The summed E-state index contributed by atoms with van der Waals surface area (Å²) in [4.78, 5) is 21.8. The topological polar surface area (TPSA) is 52.6 Å². The van der Waals surface area contributed by atoms with Crippen LogP contribution in [0.25, 0.3) is 0 Å². The number of rotatable bonds is 3. The summed E-state index contributed by atoms with van der Waals surface area (Å²) in [5.41, 5.74) is 0.446. The monoisotopic (exact) mass is 354 g/mol. The molecule has 0 aliphatic carbocycles. The number of hydrogen-bond donors (Lipinski definition) is 0. The third-order valence-corrected chi connectivity index (χ3v) is 3.64. The van der Waals surface area contributed by atoms with Crippen LogP contribution in [0.3, 0.4) is 0 Å². The van der Waals surface area contributed by atoms with E-state index in [1.165, 1.54) is 19.9 Å². The van der Waals surface area contributed by atoms with Gasteiger partial charge in [0.25, 0.3) is 0 Å². The molecular weight excluding hydrogens is 347 g/mol. The predicted molar refractivity (Wildman–Crippen MR) is 70.9 cm³/mol. The number of hydrogen-bond acceptors (Lipinski definition) is 4.